The van der Waals surface area contributed by atoms with Gasteiger partial charge in [-0.2, -0.15) is 5.10 Å². The summed E-state index contributed by atoms with van der Waals surface area (Å²) in [5.41, 5.74) is 3.10. The molecule has 0 spiro atoms. The summed E-state index contributed by atoms with van der Waals surface area (Å²) < 4.78 is 1.77. The second-order valence-corrected chi connectivity index (χ2v) is 5.81. The van der Waals surface area contributed by atoms with E-state index in [2.05, 4.69) is 5.10 Å². The summed E-state index contributed by atoms with van der Waals surface area (Å²) in [5, 5.41) is 14.3. The maximum atomic E-state index is 12.5. The lowest BCUT2D eigenvalue weighted by atomic mass is 10.1. The summed E-state index contributed by atoms with van der Waals surface area (Å²) in [6, 6.07) is 14.8. The molecule has 0 saturated heterocycles. The van der Waals surface area contributed by atoms with Crippen LogP contribution in [0.25, 0.3) is 5.69 Å². The van der Waals surface area contributed by atoms with Crippen LogP contribution in [0.3, 0.4) is 0 Å². The number of benzene rings is 2. The van der Waals surface area contributed by atoms with Crippen molar-refractivity contribution in [1.82, 2.24) is 14.7 Å². The van der Waals surface area contributed by atoms with E-state index in [0.29, 0.717) is 12.1 Å². The second-order valence-electron chi connectivity index (χ2n) is 5.81. The van der Waals surface area contributed by atoms with Gasteiger partial charge in [0.05, 0.1) is 17.4 Å². The maximum Gasteiger partial charge on any atom is 0.257 e. The van der Waals surface area contributed by atoms with Gasteiger partial charge in [-0.1, -0.05) is 24.3 Å². The van der Waals surface area contributed by atoms with Crippen molar-refractivity contribution in [3.8, 4) is 11.4 Å². The standard InChI is InChI=1S/C19H19N3O2/c1-14-8-9-17(18(23)10-14)19(24)21(2)12-15-11-20-22(13-15)16-6-4-3-5-7-16/h3-11,13,23H,12H2,1-2H3. The molecular formula is C19H19N3O2. The van der Waals surface area contributed by atoms with Gasteiger partial charge in [0.1, 0.15) is 5.75 Å². The molecule has 0 saturated carbocycles. The van der Waals surface area contributed by atoms with Crippen molar-refractivity contribution in [1.29, 1.82) is 0 Å². The predicted molar refractivity (Wildman–Crippen MR) is 92.2 cm³/mol. The molecule has 0 bridgehead atoms. The number of hydrogen-bond acceptors (Lipinski definition) is 3. The lowest BCUT2D eigenvalue weighted by Gasteiger charge is -2.17. The van der Waals surface area contributed by atoms with Crippen LogP contribution in [0.1, 0.15) is 21.5 Å². The SMILES string of the molecule is Cc1ccc(C(=O)N(C)Cc2cnn(-c3ccccc3)c2)c(O)c1. The van der Waals surface area contributed by atoms with Crippen LogP contribution >= 0.6 is 0 Å². The Bertz CT molecular complexity index is 856. The molecule has 1 N–H and O–H groups in total. The van der Waals surface area contributed by atoms with Gasteiger partial charge in [-0.15, -0.1) is 0 Å². The van der Waals surface area contributed by atoms with E-state index < -0.39 is 0 Å². The minimum absolute atomic E-state index is 0.00632. The van der Waals surface area contributed by atoms with Crippen molar-refractivity contribution in [3.05, 3.63) is 77.6 Å². The number of amides is 1. The fraction of sp³-hybridized carbons (Fsp3) is 0.158. The summed E-state index contributed by atoms with van der Waals surface area (Å²) in [6.07, 6.45) is 3.64. The predicted octanol–water partition coefficient (Wildman–Crippen LogP) is 3.16. The Morgan fingerprint density at radius 2 is 1.96 bits per heavy atom. The number of phenolic OH excluding ortho intramolecular Hbond substituents is 1. The van der Waals surface area contributed by atoms with Crippen LogP contribution in [-0.4, -0.2) is 32.7 Å². The zero-order chi connectivity index (χ0) is 17.1. The van der Waals surface area contributed by atoms with Gasteiger partial charge in [0.25, 0.3) is 5.91 Å². The van der Waals surface area contributed by atoms with Crippen LogP contribution in [0.15, 0.2) is 60.9 Å². The molecule has 0 aliphatic rings. The van der Waals surface area contributed by atoms with Gasteiger partial charge in [-0.05, 0) is 36.8 Å². The van der Waals surface area contributed by atoms with Gasteiger partial charge in [0, 0.05) is 25.4 Å². The van der Waals surface area contributed by atoms with Crippen molar-refractivity contribution in [2.75, 3.05) is 7.05 Å². The Morgan fingerprint density at radius 1 is 1.21 bits per heavy atom. The fourth-order valence-corrected chi connectivity index (χ4v) is 2.54. The number of hydrogen-bond donors (Lipinski definition) is 1. The Kier molecular flexibility index (Phi) is 4.33. The highest BCUT2D eigenvalue weighted by molar-refractivity contribution is 5.96. The third-order valence-electron chi connectivity index (χ3n) is 3.81. The fourth-order valence-electron chi connectivity index (χ4n) is 2.54. The molecule has 0 aliphatic heterocycles. The molecule has 3 aromatic rings. The van der Waals surface area contributed by atoms with E-state index in [9.17, 15) is 9.90 Å². The minimum Gasteiger partial charge on any atom is -0.507 e. The van der Waals surface area contributed by atoms with Crippen molar-refractivity contribution in [3.63, 3.8) is 0 Å². The highest BCUT2D eigenvalue weighted by Crippen LogP contribution is 2.20. The molecule has 1 aromatic heterocycles. The topological polar surface area (TPSA) is 58.4 Å². The summed E-state index contributed by atoms with van der Waals surface area (Å²) >= 11 is 0. The Morgan fingerprint density at radius 3 is 2.67 bits per heavy atom. The molecule has 2 aromatic carbocycles. The van der Waals surface area contributed by atoms with Crippen LogP contribution < -0.4 is 0 Å². The van der Waals surface area contributed by atoms with Crippen molar-refractivity contribution in [2.24, 2.45) is 0 Å². The number of aryl methyl sites for hydroxylation is 1. The quantitative estimate of drug-likeness (QED) is 0.803. The number of nitrogens with zero attached hydrogens (tertiary/aromatic N) is 3. The third-order valence-corrected chi connectivity index (χ3v) is 3.81. The number of phenols is 1. The first-order chi connectivity index (χ1) is 11.5. The zero-order valence-corrected chi connectivity index (χ0v) is 13.7. The first-order valence-electron chi connectivity index (χ1n) is 7.68. The van der Waals surface area contributed by atoms with E-state index in [4.69, 9.17) is 0 Å². The van der Waals surface area contributed by atoms with E-state index in [1.54, 1.807) is 35.0 Å². The average Bonchev–Trinajstić information content (AvgIpc) is 3.03. The normalized spacial score (nSPS) is 10.6. The summed E-state index contributed by atoms with van der Waals surface area (Å²) in [6.45, 7) is 2.29. The molecule has 5 heteroatoms. The van der Waals surface area contributed by atoms with Gasteiger partial charge in [-0.25, -0.2) is 4.68 Å². The Hall–Kier alpha value is -3.08. The smallest absolute Gasteiger partial charge is 0.257 e. The van der Waals surface area contributed by atoms with E-state index in [-0.39, 0.29) is 11.7 Å². The zero-order valence-electron chi connectivity index (χ0n) is 13.7. The maximum absolute atomic E-state index is 12.5. The van der Waals surface area contributed by atoms with Gasteiger partial charge in [0.2, 0.25) is 0 Å². The van der Waals surface area contributed by atoms with Gasteiger partial charge in [0.15, 0.2) is 0 Å². The summed E-state index contributed by atoms with van der Waals surface area (Å²) in [5.74, 6) is -0.216. The molecule has 1 heterocycles. The van der Waals surface area contributed by atoms with Gasteiger partial charge >= 0.3 is 0 Å². The lowest BCUT2D eigenvalue weighted by Crippen LogP contribution is -2.26. The summed E-state index contributed by atoms with van der Waals surface area (Å²) in [4.78, 5) is 14.1. The highest BCUT2D eigenvalue weighted by Gasteiger charge is 2.16. The van der Waals surface area contributed by atoms with Crippen LogP contribution in [-0.2, 0) is 6.54 Å². The molecule has 5 nitrogen and oxygen atoms in total. The largest absolute Gasteiger partial charge is 0.507 e. The summed E-state index contributed by atoms with van der Waals surface area (Å²) in [7, 11) is 1.71. The second kappa shape index (κ2) is 6.58. The number of aromatic nitrogens is 2. The van der Waals surface area contributed by atoms with E-state index in [0.717, 1.165) is 16.8 Å². The molecule has 122 valence electrons. The Labute approximate surface area is 140 Å². The molecule has 0 fully saturated rings. The number of para-hydroxylation sites is 1. The molecule has 0 atom stereocenters. The molecule has 0 radical (unpaired) electrons. The highest BCUT2D eigenvalue weighted by atomic mass is 16.3. The van der Waals surface area contributed by atoms with Crippen LogP contribution in [0, 0.1) is 6.92 Å². The van der Waals surface area contributed by atoms with Crippen LogP contribution in [0.2, 0.25) is 0 Å². The van der Waals surface area contributed by atoms with E-state index in [1.807, 2.05) is 49.5 Å². The number of carbonyl (C=O) groups is 1. The molecule has 0 aliphatic carbocycles. The lowest BCUT2D eigenvalue weighted by molar-refractivity contribution is 0.0782. The molecule has 24 heavy (non-hydrogen) atoms. The van der Waals surface area contributed by atoms with E-state index >= 15 is 0 Å². The molecule has 1 amide bonds. The number of carbonyl (C=O) groups excluding carboxylic acids is 1. The molecule has 3 rings (SSSR count). The average molecular weight is 321 g/mol. The third kappa shape index (κ3) is 3.30. The monoisotopic (exact) mass is 321 g/mol. The Balaban J connectivity index is 1.74. The van der Waals surface area contributed by atoms with Crippen LogP contribution in [0.5, 0.6) is 5.75 Å². The van der Waals surface area contributed by atoms with Gasteiger partial charge in [-0.3, -0.25) is 4.79 Å². The minimum atomic E-state index is -0.222. The van der Waals surface area contributed by atoms with Crippen molar-refractivity contribution in [2.45, 2.75) is 13.5 Å². The first-order valence-corrected chi connectivity index (χ1v) is 7.68. The number of rotatable bonds is 4. The van der Waals surface area contributed by atoms with Gasteiger partial charge < -0.3 is 10.0 Å². The van der Waals surface area contributed by atoms with Crippen LogP contribution in [0.4, 0.5) is 0 Å². The van der Waals surface area contributed by atoms with Crippen molar-refractivity contribution >= 4 is 5.91 Å². The molecular weight excluding hydrogens is 302 g/mol. The van der Waals surface area contributed by atoms with Crippen molar-refractivity contribution < 1.29 is 9.90 Å². The first kappa shape index (κ1) is 15.8. The molecule has 0 unspecified atom stereocenters. The number of aromatic hydroxyl groups is 1. The van der Waals surface area contributed by atoms with E-state index in [1.165, 1.54) is 0 Å².